The molecule has 0 aliphatic heterocycles. The minimum atomic E-state index is -0.00270. The number of ether oxygens (including phenoxy) is 2. The molecule has 23 heavy (non-hydrogen) atoms. The van der Waals surface area contributed by atoms with Crippen LogP contribution in [0.4, 0.5) is 0 Å². The fourth-order valence-electron chi connectivity index (χ4n) is 3.07. The lowest BCUT2D eigenvalue weighted by Crippen LogP contribution is -2.25. The first-order chi connectivity index (χ1) is 11.3. The van der Waals surface area contributed by atoms with Gasteiger partial charge in [-0.15, -0.1) is 0 Å². The first kappa shape index (κ1) is 18.0. The molecule has 1 aromatic rings. The molecule has 0 bridgehead atoms. The number of amides is 1. The van der Waals surface area contributed by atoms with Gasteiger partial charge >= 0.3 is 0 Å². The highest BCUT2D eigenvalue weighted by molar-refractivity contribution is 5.94. The van der Waals surface area contributed by atoms with E-state index in [1.165, 1.54) is 37.7 Å². The Morgan fingerprint density at radius 2 is 1.83 bits per heavy atom. The average molecular weight is 319 g/mol. The smallest absolute Gasteiger partial charge is 0.251 e. The molecule has 0 unspecified atom stereocenters. The second-order valence-electron chi connectivity index (χ2n) is 6.17. The van der Waals surface area contributed by atoms with Crippen molar-refractivity contribution in [1.29, 1.82) is 0 Å². The van der Waals surface area contributed by atoms with Crippen molar-refractivity contribution in [3.8, 4) is 0 Å². The van der Waals surface area contributed by atoms with Gasteiger partial charge in [0.1, 0.15) is 0 Å². The third-order valence-electron chi connectivity index (χ3n) is 4.43. The van der Waals surface area contributed by atoms with Gasteiger partial charge < -0.3 is 14.8 Å². The quantitative estimate of drug-likeness (QED) is 0.709. The van der Waals surface area contributed by atoms with Gasteiger partial charge in [0.25, 0.3) is 5.91 Å². The highest BCUT2D eigenvalue weighted by Gasteiger charge is 2.15. The van der Waals surface area contributed by atoms with Gasteiger partial charge in [-0.25, -0.2) is 0 Å². The largest absolute Gasteiger partial charge is 0.382 e. The van der Waals surface area contributed by atoms with Crippen LogP contribution in [0.2, 0.25) is 0 Å². The summed E-state index contributed by atoms with van der Waals surface area (Å²) in [6.45, 7) is 2.49. The first-order valence-corrected chi connectivity index (χ1v) is 8.76. The first-order valence-electron chi connectivity index (χ1n) is 8.76. The van der Waals surface area contributed by atoms with E-state index in [-0.39, 0.29) is 5.91 Å². The number of carbonyl (C=O) groups excluding carboxylic acids is 1. The van der Waals surface area contributed by atoms with E-state index in [1.54, 1.807) is 7.11 Å². The van der Waals surface area contributed by atoms with E-state index in [1.807, 2.05) is 12.1 Å². The average Bonchev–Trinajstić information content (AvgIpc) is 2.61. The number of nitrogens with one attached hydrogen (secondary N) is 1. The number of rotatable bonds is 9. The summed E-state index contributed by atoms with van der Waals surface area (Å²) < 4.78 is 10.3. The summed E-state index contributed by atoms with van der Waals surface area (Å²) in [5, 5.41) is 2.94. The van der Waals surface area contributed by atoms with Crippen LogP contribution in [-0.2, 0) is 9.47 Å². The van der Waals surface area contributed by atoms with E-state index in [0.717, 1.165) is 12.0 Å². The lowest BCUT2D eigenvalue weighted by Gasteiger charge is -2.22. The second-order valence-corrected chi connectivity index (χ2v) is 6.17. The summed E-state index contributed by atoms with van der Waals surface area (Å²) in [4.78, 5) is 12.1. The summed E-state index contributed by atoms with van der Waals surface area (Å²) in [6.07, 6.45) is 7.42. The third kappa shape index (κ3) is 6.32. The van der Waals surface area contributed by atoms with E-state index in [0.29, 0.717) is 32.3 Å². The SMILES string of the molecule is COCCOCCCNC(=O)c1ccc(C2CCCCC2)cc1. The minimum absolute atomic E-state index is 0.00270. The number of hydrogen-bond donors (Lipinski definition) is 1. The number of carbonyl (C=O) groups is 1. The molecule has 4 heteroatoms. The van der Waals surface area contributed by atoms with E-state index < -0.39 is 0 Å². The van der Waals surface area contributed by atoms with Crippen molar-refractivity contribution in [3.63, 3.8) is 0 Å². The van der Waals surface area contributed by atoms with Gasteiger partial charge in [-0.1, -0.05) is 31.4 Å². The van der Waals surface area contributed by atoms with Crippen molar-refractivity contribution in [1.82, 2.24) is 5.32 Å². The molecule has 1 N–H and O–H groups in total. The Labute approximate surface area is 139 Å². The third-order valence-corrected chi connectivity index (χ3v) is 4.43. The Kier molecular flexibility index (Phi) is 8.12. The normalized spacial score (nSPS) is 15.5. The van der Waals surface area contributed by atoms with Crippen LogP contribution in [0.15, 0.2) is 24.3 Å². The van der Waals surface area contributed by atoms with Gasteiger partial charge in [-0.3, -0.25) is 4.79 Å². The molecular weight excluding hydrogens is 290 g/mol. The maximum absolute atomic E-state index is 12.1. The van der Waals surface area contributed by atoms with Crippen LogP contribution in [0.1, 0.15) is 60.4 Å². The maximum Gasteiger partial charge on any atom is 0.251 e. The zero-order valence-electron chi connectivity index (χ0n) is 14.2. The number of hydrogen-bond acceptors (Lipinski definition) is 3. The molecule has 0 heterocycles. The molecule has 1 saturated carbocycles. The van der Waals surface area contributed by atoms with E-state index in [2.05, 4.69) is 17.4 Å². The van der Waals surface area contributed by atoms with E-state index in [9.17, 15) is 4.79 Å². The Balaban J connectivity index is 1.68. The summed E-state index contributed by atoms with van der Waals surface area (Å²) in [6, 6.07) is 8.15. The summed E-state index contributed by atoms with van der Waals surface area (Å²) in [5.74, 6) is 0.683. The molecule has 128 valence electrons. The van der Waals surface area contributed by atoms with Gasteiger partial charge in [-0.2, -0.15) is 0 Å². The molecule has 1 aliphatic carbocycles. The predicted molar refractivity (Wildman–Crippen MR) is 91.9 cm³/mol. The number of benzene rings is 1. The molecule has 0 aromatic heterocycles. The summed E-state index contributed by atoms with van der Waals surface area (Å²) in [5.41, 5.74) is 2.12. The fraction of sp³-hybridized carbons (Fsp3) is 0.632. The summed E-state index contributed by atoms with van der Waals surface area (Å²) in [7, 11) is 1.66. The van der Waals surface area contributed by atoms with Crippen molar-refractivity contribution in [2.75, 3.05) is 33.5 Å². The van der Waals surface area contributed by atoms with Crippen LogP contribution in [0.5, 0.6) is 0 Å². The Bertz CT molecular complexity index is 452. The van der Waals surface area contributed by atoms with Gasteiger partial charge in [-0.05, 0) is 42.9 Å². The van der Waals surface area contributed by atoms with Crippen molar-refractivity contribution >= 4 is 5.91 Å². The van der Waals surface area contributed by atoms with Crippen LogP contribution in [0.25, 0.3) is 0 Å². The predicted octanol–water partition coefficient (Wildman–Crippen LogP) is 3.52. The van der Waals surface area contributed by atoms with Gasteiger partial charge in [0, 0.05) is 25.8 Å². The Morgan fingerprint density at radius 3 is 2.52 bits per heavy atom. The molecule has 1 aromatic carbocycles. The Morgan fingerprint density at radius 1 is 1.09 bits per heavy atom. The summed E-state index contributed by atoms with van der Waals surface area (Å²) >= 11 is 0. The van der Waals surface area contributed by atoms with Gasteiger partial charge in [0.15, 0.2) is 0 Å². The molecule has 4 nitrogen and oxygen atoms in total. The van der Waals surface area contributed by atoms with Gasteiger partial charge in [0.2, 0.25) is 0 Å². The molecule has 0 atom stereocenters. The molecule has 0 radical (unpaired) electrons. The monoisotopic (exact) mass is 319 g/mol. The van der Waals surface area contributed by atoms with Crippen molar-refractivity contribution in [2.24, 2.45) is 0 Å². The zero-order chi connectivity index (χ0) is 16.3. The lowest BCUT2D eigenvalue weighted by atomic mass is 9.84. The maximum atomic E-state index is 12.1. The second kappa shape index (κ2) is 10.4. The fourth-order valence-corrected chi connectivity index (χ4v) is 3.07. The zero-order valence-corrected chi connectivity index (χ0v) is 14.2. The molecular formula is C19H29NO3. The van der Waals surface area contributed by atoms with Crippen LogP contribution >= 0.6 is 0 Å². The molecule has 1 fully saturated rings. The van der Waals surface area contributed by atoms with Crippen molar-refractivity contribution in [2.45, 2.75) is 44.4 Å². The highest BCUT2D eigenvalue weighted by atomic mass is 16.5. The molecule has 0 spiro atoms. The van der Waals surface area contributed by atoms with E-state index in [4.69, 9.17) is 9.47 Å². The molecule has 2 rings (SSSR count). The lowest BCUT2D eigenvalue weighted by molar-refractivity contribution is 0.0688. The van der Waals surface area contributed by atoms with Crippen LogP contribution < -0.4 is 5.32 Å². The van der Waals surface area contributed by atoms with Crippen LogP contribution in [0.3, 0.4) is 0 Å². The van der Waals surface area contributed by atoms with E-state index >= 15 is 0 Å². The van der Waals surface area contributed by atoms with Gasteiger partial charge in [0.05, 0.1) is 13.2 Å². The molecule has 1 amide bonds. The van der Waals surface area contributed by atoms with Crippen molar-refractivity contribution in [3.05, 3.63) is 35.4 Å². The minimum Gasteiger partial charge on any atom is -0.382 e. The van der Waals surface area contributed by atoms with Crippen LogP contribution in [0, 0.1) is 0 Å². The Hall–Kier alpha value is -1.39. The molecule has 1 aliphatic rings. The topological polar surface area (TPSA) is 47.6 Å². The highest BCUT2D eigenvalue weighted by Crippen LogP contribution is 2.32. The number of methoxy groups -OCH3 is 1. The van der Waals surface area contributed by atoms with Crippen molar-refractivity contribution < 1.29 is 14.3 Å². The molecule has 0 saturated heterocycles. The standard InChI is InChI=1S/C19H29NO3/c1-22-14-15-23-13-5-12-20-19(21)18-10-8-17(9-11-18)16-6-3-2-4-7-16/h8-11,16H,2-7,12-15H2,1H3,(H,20,21). The van der Waals surface area contributed by atoms with Crippen LogP contribution in [-0.4, -0.2) is 39.4 Å².